The van der Waals surface area contributed by atoms with E-state index < -0.39 is 14.4 Å². The first-order valence-electron chi connectivity index (χ1n) is 9.31. The van der Waals surface area contributed by atoms with Crippen LogP contribution in [-0.2, 0) is 4.43 Å². The molecule has 0 aromatic heterocycles. The number of aliphatic hydroxyl groups is 1. The van der Waals surface area contributed by atoms with E-state index in [1.54, 1.807) is 0 Å². The molecule has 2 aliphatic carbocycles. The Hall–Kier alpha value is -0.633. The summed E-state index contributed by atoms with van der Waals surface area (Å²) in [5.41, 5.74) is -0.0687. The molecule has 0 bridgehead atoms. The number of hydrogen-bond acceptors (Lipinski definition) is 3. The summed E-state index contributed by atoms with van der Waals surface area (Å²) in [6.45, 7) is 18.0. The first-order chi connectivity index (χ1) is 11.0. The first-order valence-corrected chi connectivity index (χ1v) is 12.2. The molecule has 3 nitrogen and oxygen atoms in total. The van der Waals surface area contributed by atoms with Crippen LogP contribution in [0.1, 0.15) is 47.0 Å². The lowest BCUT2D eigenvalue weighted by atomic mass is 9.59. The van der Waals surface area contributed by atoms with Gasteiger partial charge in [0.1, 0.15) is 0 Å². The number of rotatable bonds is 4. The maximum atomic E-state index is 10.6. The third-order valence-electron chi connectivity index (χ3n) is 7.24. The molecule has 0 spiro atoms. The second kappa shape index (κ2) is 6.59. The van der Waals surface area contributed by atoms with Gasteiger partial charge in [-0.05, 0) is 60.6 Å². The Morgan fingerprint density at radius 1 is 1.38 bits per heavy atom. The molecular formula is C20H35NO2Si. The lowest BCUT2D eigenvalue weighted by Crippen LogP contribution is -2.51. The van der Waals surface area contributed by atoms with Gasteiger partial charge in [0.25, 0.3) is 0 Å². The predicted molar refractivity (Wildman–Crippen MR) is 101 cm³/mol. The highest BCUT2D eigenvalue weighted by Gasteiger charge is 2.57. The van der Waals surface area contributed by atoms with Crippen molar-refractivity contribution in [2.45, 2.75) is 71.2 Å². The molecule has 0 saturated heterocycles. The van der Waals surface area contributed by atoms with Crippen LogP contribution in [0.5, 0.6) is 0 Å². The van der Waals surface area contributed by atoms with E-state index in [-0.39, 0.29) is 22.3 Å². The van der Waals surface area contributed by atoms with Crippen molar-refractivity contribution in [3.8, 4) is 6.07 Å². The fourth-order valence-electron chi connectivity index (χ4n) is 4.46. The Bertz CT molecular complexity index is 519. The van der Waals surface area contributed by atoms with Gasteiger partial charge < -0.3 is 9.53 Å². The van der Waals surface area contributed by atoms with Crippen LogP contribution >= 0.6 is 0 Å². The summed E-state index contributed by atoms with van der Waals surface area (Å²) in [6.07, 6.45) is 4.41. The predicted octanol–water partition coefficient (Wildman–Crippen LogP) is 4.75. The normalized spacial score (nSPS) is 40.0. The van der Waals surface area contributed by atoms with Gasteiger partial charge in [-0.3, -0.25) is 0 Å². The van der Waals surface area contributed by atoms with E-state index >= 15 is 0 Å². The molecule has 1 N–H and O–H groups in total. The van der Waals surface area contributed by atoms with Crippen molar-refractivity contribution in [2.24, 2.45) is 29.1 Å². The molecule has 2 saturated carbocycles. The summed E-state index contributed by atoms with van der Waals surface area (Å²) in [4.78, 5) is 0. The van der Waals surface area contributed by atoms with Crippen LogP contribution in [0, 0.1) is 40.4 Å². The molecule has 0 aliphatic heterocycles. The van der Waals surface area contributed by atoms with Gasteiger partial charge in [-0.15, -0.1) is 6.58 Å². The zero-order valence-electron chi connectivity index (χ0n) is 16.3. The maximum absolute atomic E-state index is 10.6. The van der Waals surface area contributed by atoms with Gasteiger partial charge in [-0.2, -0.15) is 5.26 Å². The minimum absolute atomic E-state index is 0.0459. The molecule has 0 unspecified atom stereocenters. The second-order valence-electron chi connectivity index (χ2n) is 9.74. The fraction of sp³-hybridized carbons (Fsp3) is 0.850. The quantitative estimate of drug-likeness (QED) is 0.589. The third-order valence-corrected chi connectivity index (χ3v) is 11.7. The molecule has 136 valence electrons. The summed E-state index contributed by atoms with van der Waals surface area (Å²) in [5, 5.41) is 20.5. The highest BCUT2D eigenvalue weighted by Crippen LogP contribution is 2.58. The summed E-state index contributed by atoms with van der Waals surface area (Å²) >= 11 is 0. The van der Waals surface area contributed by atoms with E-state index in [1.807, 2.05) is 13.0 Å². The lowest BCUT2D eigenvalue weighted by molar-refractivity contribution is -0.0660. The Balaban J connectivity index is 2.29. The van der Waals surface area contributed by atoms with Gasteiger partial charge in [0.2, 0.25) is 0 Å². The number of nitrogens with zero attached hydrogens (tertiary/aromatic N) is 1. The van der Waals surface area contributed by atoms with Crippen LogP contribution in [0.3, 0.4) is 0 Å². The zero-order chi connectivity index (χ0) is 18.3. The van der Waals surface area contributed by atoms with E-state index in [0.717, 1.165) is 19.3 Å². The monoisotopic (exact) mass is 349 g/mol. The Labute approximate surface area is 149 Å². The summed E-state index contributed by atoms with van der Waals surface area (Å²) in [7, 11) is -1.85. The third kappa shape index (κ3) is 3.36. The van der Waals surface area contributed by atoms with E-state index in [2.05, 4.69) is 46.5 Å². The van der Waals surface area contributed by atoms with Gasteiger partial charge in [0.05, 0.1) is 18.1 Å². The molecule has 0 amide bonds. The summed E-state index contributed by atoms with van der Waals surface area (Å²) in [6, 6.07) is 2.51. The summed E-state index contributed by atoms with van der Waals surface area (Å²) in [5.74, 6) is 0.714. The minimum Gasteiger partial charge on any atom is -0.416 e. The number of allylic oxidation sites excluding steroid dienone is 1. The van der Waals surface area contributed by atoms with Gasteiger partial charge in [-0.1, -0.05) is 33.8 Å². The van der Waals surface area contributed by atoms with E-state index in [9.17, 15) is 10.4 Å². The van der Waals surface area contributed by atoms with Crippen LogP contribution in [0.15, 0.2) is 12.7 Å². The number of nitriles is 1. The molecule has 2 fully saturated rings. The van der Waals surface area contributed by atoms with Crippen LogP contribution in [-0.4, -0.2) is 26.1 Å². The van der Waals surface area contributed by atoms with E-state index in [1.165, 1.54) is 0 Å². The van der Waals surface area contributed by atoms with Crippen molar-refractivity contribution in [3.63, 3.8) is 0 Å². The topological polar surface area (TPSA) is 53.2 Å². The maximum Gasteiger partial charge on any atom is 0.192 e. The van der Waals surface area contributed by atoms with Crippen LogP contribution < -0.4 is 0 Å². The van der Waals surface area contributed by atoms with Gasteiger partial charge >= 0.3 is 0 Å². The SMILES string of the molecule is C=C[C@H]1C[C@H]2[C@@H](C#N)[C@H](C)[C@H](O)C[C@@]2(CO[Si](C)(C)C(C)(C)C)C1. The zero-order valence-corrected chi connectivity index (χ0v) is 17.3. The fourth-order valence-corrected chi connectivity index (χ4v) is 5.54. The van der Waals surface area contributed by atoms with Gasteiger partial charge in [-0.25, -0.2) is 0 Å². The van der Waals surface area contributed by atoms with Crippen molar-refractivity contribution in [3.05, 3.63) is 12.7 Å². The lowest BCUT2D eigenvalue weighted by Gasteiger charge is -2.49. The number of fused-ring (bicyclic) bond motifs is 1. The van der Waals surface area contributed by atoms with Crippen molar-refractivity contribution in [2.75, 3.05) is 6.61 Å². The van der Waals surface area contributed by atoms with Gasteiger partial charge in [0.15, 0.2) is 8.32 Å². The second-order valence-corrected chi connectivity index (χ2v) is 14.5. The van der Waals surface area contributed by atoms with Crippen molar-refractivity contribution in [1.82, 2.24) is 0 Å². The highest BCUT2D eigenvalue weighted by atomic mass is 28.4. The average molecular weight is 350 g/mol. The number of hydrogen-bond donors (Lipinski definition) is 1. The van der Waals surface area contributed by atoms with Crippen molar-refractivity contribution < 1.29 is 9.53 Å². The summed E-state index contributed by atoms with van der Waals surface area (Å²) < 4.78 is 6.59. The molecule has 2 rings (SSSR count). The molecule has 0 radical (unpaired) electrons. The molecule has 4 heteroatoms. The molecule has 0 heterocycles. The molecule has 2 aliphatic rings. The average Bonchev–Trinajstić information content (AvgIpc) is 2.84. The molecular weight excluding hydrogens is 314 g/mol. The molecule has 0 aromatic carbocycles. The van der Waals surface area contributed by atoms with E-state index in [0.29, 0.717) is 18.4 Å². The minimum atomic E-state index is -1.85. The number of aliphatic hydroxyl groups excluding tert-OH is 1. The Kier molecular flexibility index (Phi) is 5.41. The Morgan fingerprint density at radius 2 is 2.00 bits per heavy atom. The van der Waals surface area contributed by atoms with Crippen LogP contribution in [0.2, 0.25) is 18.1 Å². The molecule has 0 aromatic rings. The molecule has 6 atom stereocenters. The van der Waals surface area contributed by atoms with Crippen molar-refractivity contribution in [1.29, 1.82) is 5.26 Å². The van der Waals surface area contributed by atoms with Gasteiger partial charge in [0, 0.05) is 6.61 Å². The van der Waals surface area contributed by atoms with E-state index in [4.69, 9.17) is 4.43 Å². The van der Waals surface area contributed by atoms with Crippen LogP contribution in [0.4, 0.5) is 0 Å². The standard InChI is InChI=1S/C20H35NO2Si/c1-8-15-9-17-16(12-21)14(2)18(22)11-20(17,10-15)13-23-24(6,7)19(3,4)5/h8,14-18,22H,1,9-11,13H2,2-7H3/t14-,15-,16-,17-,18+,20+/m0/s1. The Morgan fingerprint density at radius 3 is 2.50 bits per heavy atom. The molecule has 24 heavy (non-hydrogen) atoms. The first kappa shape index (κ1) is 19.7. The largest absolute Gasteiger partial charge is 0.416 e. The smallest absolute Gasteiger partial charge is 0.192 e. The van der Waals surface area contributed by atoms with Crippen LogP contribution in [0.25, 0.3) is 0 Å². The highest BCUT2D eigenvalue weighted by molar-refractivity contribution is 6.74. The van der Waals surface area contributed by atoms with Crippen molar-refractivity contribution >= 4 is 8.32 Å².